The van der Waals surface area contributed by atoms with Gasteiger partial charge in [0.25, 0.3) is 10.2 Å². The standard InChI is InChI=1S/C12H20N4O3S/c1-11(17)16(10-12-6-4-5-7-13-12)9-8-14-20(18,19)15(2)3/h4-7,14H,8-10H2,1-3H3. The number of aromatic nitrogens is 1. The Morgan fingerprint density at radius 1 is 1.35 bits per heavy atom. The maximum Gasteiger partial charge on any atom is 0.278 e. The first kappa shape index (κ1) is 16.5. The zero-order valence-electron chi connectivity index (χ0n) is 11.9. The summed E-state index contributed by atoms with van der Waals surface area (Å²) in [6, 6.07) is 5.46. The molecule has 1 rings (SSSR count). The smallest absolute Gasteiger partial charge is 0.278 e. The summed E-state index contributed by atoms with van der Waals surface area (Å²) in [7, 11) is -0.576. The van der Waals surface area contributed by atoms with Gasteiger partial charge in [-0.2, -0.15) is 12.7 Å². The van der Waals surface area contributed by atoms with Gasteiger partial charge in [0.15, 0.2) is 0 Å². The number of rotatable bonds is 7. The van der Waals surface area contributed by atoms with Gasteiger partial charge >= 0.3 is 0 Å². The number of amides is 1. The van der Waals surface area contributed by atoms with Crippen molar-refractivity contribution in [2.24, 2.45) is 0 Å². The van der Waals surface area contributed by atoms with Gasteiger partial charge in [0.2, 0.25) is 5.91 Å². The van der Waals surface area contributed by atoms with E-state index in [0.29, 0.717) is 13.1 Å². The van der Waals surface area contributed by atoms with Crippen LogP contribution in [0.15, 0.2) is 24.4 Å². The van der Waals surface area contributed by atoms with Crippen LogP contribution in [-0.4, -0.2) is 55.7 Å². The van der Waals surface area contributed by atoms with E-state index in [4.69, 9.17) is 0 Å². The fourth-order valence-corrected chi connectivity index (χ4v) is 2.08. The molecule has 1 heterocycles. The van der Waals surface area contributed by atoms with Crippen LogP contribution in [0.3, 0.4) is 0 Å². The second-order valence-electron chi connectivity index (χ2n) is 4.44. The highest BCUT2D eigenvalue weighted by Crippen LogP contribution is 2.01. The number of pyridine rings is 1. The highest BCUT2D eigenvalue weighted by Gasteiger charge is 2.14. The fraction of sp³-hybridized carbons (Fsp3) is 0.500. The van der Waals surface area contributed by atoms with Crippen molar-refractivity contribution in [3.8, 4) is 0 Å². The Balaban J connectivity index is 2.55. The van der Waals surface area contributed by atoms with E-state index in [2.05, 4.69) is 9.71 Å². The van der Waals surface area contributed by atoms with Gasteiger partial charge in [-0.25, -0.2) is 4.72 Å². The van der Waals surface area contributed by atoms with Crippen molar-refractivity contribution >= 4 is 16.1 Å². The van der Waals surface area contributed by atoms with Crippen LogP contribution in [0.5, 0.6) is 0 Å². The molecule has 0 atom stereocenters. The molecule has 0 aliphatic carbocycles. The predicted molar refractivity (Wildman–Crippen MR) is 75.9 cm³/mol. The third kappa shape index (κ3) is 5.24. The largest absolute Gasteiger partial charge is 0.336 e. The van der Waals surface area contributed by atoms with Gasteiger partial charge in [-0.3, -0.25) is 9.78 Å². The molecule has 1 aromatic heterocycles. The summed E-state index contributed by atoms with van der Waals surface area (Å²) < 4.78 is 26.6. The molecular weight excluding hydrogens is 280 g/mol. The van der Waals surface area contributed by atoms with E-state index in [0.717, 1.165) is 10.00 Å². The minimum absolute atomic E-state index is 0.125. The summed E-state index contributed by atoms with van der Waals surface area (Å²) in [6.45, 7) is 2.26. The molecule has 0 aliphatic rings. The predicted octanol–water partition coefficient (Wildman–Crippen LogP) is -0.174. The second kappa shape index (κ2) is 7.32. The number of hydrogen-bond donors (Lipinski definition) is 1. The molecule has 0 saturated heterocycles. The number of nitrogens with zero attached hydrogens (tertiary/aromatic N) is 3. The van der Waals surface area contributed by atoms with E-state index in [1.165, 1.54) is 21.0 Å². The van der Waals surface area contributed by atoms with Gasteiger partial charge in [-0.05, 0) is 12.1 Å². The lowest BCUT2D eigenvalue weighted by Crippen LogP contribution is -2.41. The number of carbonyl (C=O) groups is 1. The van der Waals surface area contributed by atoms with Crippen molar-refractivity contribution in [2.45, 2.75) is 13.5 Å². The average molecular weight is 300 g/mol. The highest BCUT2D eigenvalue weighted by molar-refractivity contribution is 7.87. The van der Waals surface area contributed by atoms with Crippen LogP contribution in [0, 0.1) is 0 Å². The fourth-order valence-electron chi connectivity index (χ4n) is 1.47. The van der Waals surface area contributed by atoms with E-state index in [1.807, 2.05) is 12.1 Å². The molecule has 1 N–H and O–H groups in total. The molecule has 0 fully saturated rings. The zero-order valence-corrected chi connectivity index (χ0v) is 12.7. The normalized spacial score (nSPS) is 11.6. The first-order valence-electron chi connectivity index (χ1n) is 6.15. The van der Waals surface area contributed by atoms with E-state index in [1.54, 1.807) is 17.2 Å². The lowest BCUT2D eigenvalue weighted by molar-refractivity contribution is -0.129. The first-order chi connectivity index (χ1) is 9.33. The summed E-state index contributed by atoms with van der Waals surface area (Å²) in [5.74, 6) is -0.125. The van der Waals surface area contributed by atoms with Gasteiger partial charge in [-0.15, -0.1) is 0 Å². The summed E-state index contributed by atoms with van der Waals surface area (Å²) >= 11 is 0. The van der Waals surface area contributed by atoms with Crippen LogP contribution < -0.4 is 4.72 Å². The molecule has 8 heteroatoms. The minimum Gasteiger partial charge on any atom is -0.336 e. The van der Waals surface area contributed by atoms with Gasteiger partial charge in [0.1, 0.15) is 0 Å². The lowest BCUT2D eigenvalue weighted by Gasteiger charge is -2.21. The summed E-state index contributed by atoms with van der Waals surface area (Å²) in [6.07, 6.45) is 1.66. The zero-order chi connectivity index (χ0) is 15.2. The summed E-state index contributed by atoms with van der Waals surface area (Å²) in [4.78, 5) is 17.2. The van der Waals surface area contributed by atoms with Gasteiger partial charge < -0.3 is 4.90 Å². The minimum atomic E-state index is -3.46. The average Bonchev–Trinajstić information content (AvgIpc) is 2.38. The lowest BCUT2D eigenvalue weighted by atomic mass is 10.3. The molecule has 0 radical (unpaired) electrons. The van der Waals surface area contributed by atoms with E-state index in [-0.39, 0.29) is 12.5 Å². The van der Waals surface area contributed by atoms with Crippen LogP contribution in [0.1, 0.15) is 12.6 Å². The van der Waals surface area contributed by atoms with Crippen molar-refractivity contribution in [1.82, 2.24) is 18.9 Å². The Bertz CT molecular complexity index is 531. The topological polar surface area (TPSA) is 82.6 Å². The number of hydrogen-bond acceptors (Lipinski definition) is 4. The van der Waals surface area contributed by atoms with Crippen molar-refractivity contribution < 1.29 is 13.2 Å². The molecule has 0 spiro atoms. The van der Waals surface area contributed by atoms with Crippen LogP contribution in [-0.2, 0) is 21.5 Å². The Kier molecular flexibility index (Phi) is 6.05. The Hall–Kier alpha value is -1.51. The SMILES string of the molecule is CC(=O)N(CCNS(=O)(=O)N(C)C)Cc1ccccn1. The Labute approximate surface area is 119 Å². The molecule has 0 unspecified atom stereocenters. The van der Waals surface area contributed by atoms with Crippen LogP contribution >= 0.6 is 0 Å². The third-order valence-corrected chi connectivity index (χ3v) is 4.20. The number of carbonyl (C=O) groups excluding carboxylic acids is 1. The van der Waals surface area contributed by atoms with Crippen LogP contribution in [0.4, 0.5) is 0 Å². The molecule has 0 aromatic carbocycles. The molecule has 1 amide bonds. The van der Waals surface area contributed by atoms with Crippen LogP contribution in [0.25, 0.3) is 0 Å². The maximum atomic E-state index is 11.5. The molecule has 0 saturated carbocycles. The molecule has 0 aliphatic heterocycles. The molecule has 7 nitrogen and oxygen atoms in total. The van der Waals surface area contributed by atoms with Crippen molar-refractivity contribution in [1.29, 1.82) is 0 Å². The maximum absolute atomic E-state index is 11.5. The third-order valence-electron chi connectivity index (χ3n) is 2.67. The van der Waals surface area contributed by atoms with Gasteiger partial charge in [-0.1, -0.05) is 6.07 Å². The first-order valence-corrected chi connectivity index (χ1v) is 7.59. The molecular formula is C12H20N4O3S. The van der Waals surface area contributed by atoms with Crippen molar-refractivity contribution in [3.63, 3.8) is 0 Å². The Morgan fingerprint density at radius 3 is 2.55 bits per heavy atom. The van der Waals surface area contributed by atoms with Crippen molar-refractivity contribution in [2.75, 3.05) is 27.2 Å². The monoisotopic (exact) mass is 300 g/mol. The molecule has 0 bridgehead atoms. The molecule has 112 valence electrons. The Morgan fingerprint density at radius 2 is 2.05 bits per heavy atom. The highest BCUT2D eigenvalue weighted by atomic mass is 32.2. The van der Waals surface area contributed by atoms with Gasteiger partial charge in [0, 0.05) is 40.3 Å². The van der Waals surface area contributed by atoms with Crippen LogP contribution in [0.2, 0.25) is 0 Å². The van der Waals surface area contributed by atoms with Gasteiger partial charge in [0.05, 0.1) is 12.2 Å². The van der Waals surface area contributed by atoms with E-state index >= 15 is 0 Å². The van der Waals surface area contributed by atoms with Crippen molar-refractivity contribution in [3.05, 3.63) is 30.1 Å². The number of nitrogens with one attached hydrogen (secondary N) is 1. The van der Waals surface area contributed by atoms with E-state index in [9.17, 15) is 13.2 Å². The summed E-state index contributed by atoms with van der Waals surface area (Å²) in [5.41, 5.74) is 0.762. The molecule has 20 heavy (non-hydrogen) atoms. The summed E-state index contributed by atoms with van der Waals surface area (Å²) in [5, 5.41) is 0. The molecule has 1 aromatic rings. The quantitative estimate of drug-likeness (QED) is 0.757. The van der Waals surface area contributed by atoms with E-state index < -0.39 is 10.2 Å². The second-order valence-corrected chi connectivity index (χ2v) is 6.41.